The van der Waals surface area contributed by atoms with Crippen LogP contribution in [-0.2, 0) is 13.0 Å². The molecular weight excluding hydrogens is 257 g/mol. The molecule has 4 nitrogen and oxygen atoms in total. The van der Waals surface area contributed by atoms with Gasteiger partial charge in [0.2, 0.25) is 0 Å². The zero-order valence-electron chi connectivity index (χ0n) is 10.5. The molecule has 2 aliphatic rings. The molecule has 0 radical (unpaired) electrons. The Bertz CT molecular complexity index is 468. The lowest BCUT2D eigenvalue weighted by Gasteiger charge is -2.27. The highest BCUT2D eigenvalue weighted by Gasteiger charge is 2.43. The van der Waals surface area contributed by atoms with Crippen molar-refractivity contribution in [2.24, 2.45) is 11.7 Å². The highest BCUT2D eigenvalue weighted by molar-refractivity contribution is 5.10. The van der Waals surface area contributed by atoms with Gasteiger partial charge in [-0.25, -0.2) is 0 Å². The number of hydrogen-bond donors (Lipinski definition) is 1. The Morgan fingerprint density at radius 3 is 2.58 bits per heavy atom. The molecule has 2 heterocycles. The molecule has 0 aromatic carbocycles. The molecule has 3 atom stereocenters. The van der Waals surface area contributed by atoms with E-state index >= 15 is 0 Å². The molecule has 1 saturated carbocycles. The van der Waals surface area contributed by atoms with Crippen molar-refractivity contribution in [1.82, 2.24) is 14.8 Å². The lowest BCUT2D eigenvalue weighted by molar-refractivity contribution is -0.182. The Morgan fingerprint density at radius 1 is 1.16 bits per heavy atom. The van der Waals surface area contributed by atoms with Crippen LogP contribution in [0.3, 0.4) is 0 Å². The fourth-order valence-electron chi connectivity index (χ4n) is 3.20. The van der Waals surface area contributed by atoms with Crippen LogP contribution < -0.4 is 5.73 Å². The number of halogens is 3. The van der Waals surface area contributed by atoms with Gasteiger partial charge in [0.1, 0.15) is 11.6 Å². The van der Waals surface area contributed by atoms with Gasteiger partial charge in [-0.1, -0.05) is 6.42 Å². The van der Waals surface area contributed by atoms with E-state index in [1.807, 2.05) is 0 Å². The number of aromatic nitrogens is 3. The molecule has 7 heteroatoms. The van der Waals surface area contributed by atoms with Crippen LogP contribution in [-0.4, -0.2) is 27.0 Å². The Kier molecular flexibility index (Phi) is 3.03. The second-order valence-electron chi connectivity index (χ2n) is 5.56. The molecule has 1 aromatic heterocycles. The topological polar surface area (TPSA) is 56.7 Å². The van der Waals surface area contributed by atoms with Crippen molar-refractivity contribution in [2.45, 2.75) is 56.8 Å². The van der Waals surface area contributed by atoms with Crippen molar-refractivity contribution in [3.05, 3.63) is 11.6 Å². The van der Waals surface area contributed by atoms with Crippen molar-refractivity contribution in [1.29, 1.82) is 0 Å². The molecular formula is C12H17F3N4. The molecule has 1 fully saturated rings. The van der Waals surface area contributed by atoms with E-state index < -0.39 is 12.1 Å². The van der Waals surface area contributed by atoms with Crippen molar-refractivity contribution >= 4 is 0 Å². The predicted molar refractivity (Wildman–Crippen MR) is 62.5 cm³/mol. The largest absolute Gasteiger partial charge is 0.393 e. The minimum atomic E-state index is -4.14. The minimum Gasteiger partial charge on any atom is -0.327 e. The normalized spacial score (nSPS) is 31.5. The minimum absolute atomic E-state index is 0.000404. The monoisotopic (exact) mass is 274 g/mol. The molecule has 19 heavy (non-hydrogen) atoms. The van der Waals surface area contributed by atoms with Crippen LogP contribution in [0.5, 0.6) is 0 Å². The van der Waals surface area contributed by atoms with E-state index in [1.54, 1.807) is 4.57 Å². The number of aryl methyl sites for hydroxylation is 1. The summed E-state index contributed by atoms with van der Waals surface area (Å²) in [6, 6.07) is -0.000404. The molecule has 1 aliphatic carbocycles. The number of rotatable bonds is 1. The summed E-state index contributed by atoms with van der Waals surface area (Å²) >= 11 is 0. The van der Waals surface area contributed by atoms with Crippen LogP contribution >= 0.6 is 0 Å². The summed E-state index contributed by atoms with van der Waals surface area (Å²) in [5, 5.41) is 8.15. The third-order valence-corrected chi connectivity index (χ3v) is 4.34. The maximum atomic E-state index is 12.8. The summed E-state index contributed by atoms with van der Waals surface area (Å²) in [6.07, 6.45) is -0.864. The second-order valence-corrected chi connectivity index (χ2v) is 5.56. The van der Waals surface area contributed by atoms with Gasteiger partial charge in [0.15, 0.2) is 0 Å². The van der Waals surface area contributed by atoms with Crippen LogP contribution in [0.2, 0.25) is 0 Å². The van der Waals surface area contributed by atoms with Crippen LogP contribution in [0.15, 0.2) is 0 Å². The highest BCUT2D eigenvalue weighted by atomic mass is 19.4. The first-order chi connectivity index (χ1) is 8.97. The van der Waals surface area contributed by atoms with Crippen LogP contribution in [0.4, 0.5) is 13.2 Å². The summed E-state index contributed by atoms with van der Waals surface area (Å²) in [4.78, 5) is 0. The zero-order chi connectivity index (χ0) is 13.6. The van der Waals surface area contributed by atoms with Gasteiger partial charge in [-0.15, -0.1) is 10.2 Å². The first-order valence-corrected chi connectivity index (χ1v) is 6.71. The zero-order valence-corrected chi connectivity index (χ0v) is 10.5. The average molecular weight is 274 g/mol. The molecule has 0 spiro atoms. The Labute approximate surface area is 109 Å². The number of fused-ring (bicyclic) bond motifs is 1. The van der Waals surface area contributed by atoms with Crippen LogP contribution in [0.1, 0.15) is 43.3 Å². The van der Waals surface area contributed by atoms with Gasteiger partial charge in [-0.05, 0) is 19.3 Å². The van der Waals surface area contributed by atoms with Gasteiger partial charge >= 0.3 is 6.18 Å². The Balaban J connectivity index is 1.88. The van der Waals surface area contributed by atoms with E-state index in [0.29, 0.717) is 18.1 Å². The Hall–Kier alpha value is -1.11. The van der Waals surface area contributed by atoms with Crippen LogP contribution in [0, 0.1) is 5.92 Å². The molecule has 106 valence electrons. The smallest absolute Gasteiger partial charge is 0.327 e. The van der Waals surface area contributed by atoms with E-state index in [9.17, 15) is 13.2 Å². The SMILES string of the molecule is NC1CCCC1c1nnc2n1CC(C(F)(F)F)CC2. The highest BCUT2D eigenvalue weighted by Crippen LogP contribution is 2.38. The summed E-state index contributed by atoms with van der Waals surface area (Å²) in [6.45, 7) is -0.0512. The summed E-state index contributed by atoms with van der Waals surface area (Å²) in [7, 11) is 0. The van der Waals surface area contributed by atoms with Crippen molar-refractivity contribution in [2.75, 3.05) is 0 Å². The summed E-state index contributed by atoms with van der Waals surface area (Å²) < 4.78 is 40.2. The number of alkyl halides is 3. The summed E-state index contributed by atoms with van der Waals surface area (Å²) in [5.41, 5.74) is 6.02. The maximum Gasteiger partial charge on any atom is 0.393 e. The fraction of sp³-hybridized carbons (Fsp3) is 0.833. The summed E-state index contributed by atoms with van der Waals surface area (Å²) in [5.74, 6) is 0.115. The lowest BCUT2D eigenvalue weighted by Crippen LogP contribution is -2.34. The second kappa shape index (κ2) is 4.47. The molecule has 1 aromatic rings. The van der Waals surface area contributed by atoms with Gasteiger partial charge in [0.25, 0.3) is 0 Å². The molecule has 3 rings (SSSR count). The van der Waals surface area contributed by atoms with Crippen molar-refractivity contribution in [3.63, 3.8) is 0 Å². The molecule has 0 saturated heterocycles. The lowest BCUT2D eigenvalue weighted by atomic mass is 9.97. The third-order valence-electron chi connectivity index (χ3n) is 4.34. The number of nitrogens with zero attached hydrogens (tertiary/aromatic N) is 3. The molecule has 2 N–H and O–H groups in total. The van der Waals surface area contributed by atoms with Crippen LogP contribution in [0.25, 0.3) is 0 Å². The first-order valence-electron chi connectivity index (χ1n) is 6.71. The van der Waals surface area contributed by atoms with E-state index in [2.05, 4.69) is 10.2 Å². The third kappa shape index (κ3) is 2.24. The van der Waals surface area contributed by atoms with E-state index in [0.717, 1.165) is 19.3 Å². The van der Waals surface area contributed by atoms with Crippen molar-refractivity contribution < 1.29 is 13.2 Å². The maximum absolute atomic E-state index is 12.8. The van der Waals surface area contributed by atoms with Crippen molar-refractivity contribution in [3.8, 4) is 0 Å². The average Bonchev–Trinajstić information content (AvgIpc) is 2.92. The number of nitrogens with two attached hydrogens (primary N) is 1. The molecule has 1 aliphatic heterocycles. The van der Waals surface area contributed by atoms with Gasteiger partial charge in [-0.2, -0.15) is 13.2 Å². The standard InChI is InChI=1S/C12H17F3N4/c13-12(14,15)7-4-5-10-17-18-11(19(10)6-7)8-2-1-3-9(8)16/h7-9H,1-6,16H2. The van der Waals surface area contributed by atoms with Gasteiger partial charge in [0, 0.05) is 24.9 Å². The fourth-order valence-corrected chi connectivity index (χ4v) is 3.20. The number of hydrogen-bond acceptors (Lipinski definition) is 3. The quantitative estimate of drug-likeness (QED) is 0.852. The molecule has 0 amide bonds. The van der Waals surface area contributed by atoms with E-state index in [1.165, 1.54) is 0 Å². The Morgan fingerprint density at radius 2 is 1.95 bits per heavy atom. The van der Waals surface area contributed by atoms with Gasteiger partial charge < -0.3 is 10.3 Å². The molecule has 3 unspecified atom stereocenters. The van der Waals surface area contributed by atoms with E-state index in [-0.39, 0.29) is 24.9 Å². The first kappa shape index (κ1) is 12.9. The molecule has 0 bridgehead atoms. The predicted octanol–water partition coefficient (Wildman–Crippen LogP) is 2.00. The van der Waals surface area contributed by atoms with Gasteiger partial charge in [-0.3, -0.25) is 0 Å². The van der Waals surface area contributed by atoms with Gasteiger partial charge in [0.05, 0.1) is 5.92 Å². The van der Waals surface area contributed by atoms with E-state index in [4.69, 9.17) is 5.73 Å².